The third-order valence-corrected chi connectivity index (χ3v) is 3.27. The molecule has 0 radical (unpaired) electrons. The highest BCUT2D eigenvalue weighted by molar-refractivity contribution is 9.10. The number of anilines is 1. The fourth-order valence-electron chi connectivity index (χ4n) is 1.65. The molecule has 1 unspecified atom stereocenters. The number of rotatable bonds is 3. The first-order valence-electron chi connectivity index (χ1n) is 5.47. The Bertz CT molecular complexity index is 638. The number of nitrogens with one attached hydrogen (secondary N) is 1. The highest BCUT2D eigenvalue weighted by atomic mass is 79.9. The number of hydrogen-bond donors (Lipinski definition) is 1. The van der Waals surface area contributed by atoms with Gasteiger partial charge in [-0.25, -0.2) is 8.78 Å². The Hall–Kier alpha value is -1.93. The second kappa shape index (κ2) is 5.81. The lowest BCUT2D eigenvalue weighted by Gasteiger charge is -2.15. The fourth-order valence-corrected chi connectivity index (χ4v) is 2.05. The second-order valence-corrected chi connectivity index (χ2v) is 4.71. The standard InChI is InChI=1S/C14H9BrF2N2/c15-11-3-1-2-4-13(11)19-14(8-18)10-6-5-9(16)7-12(10)17/h1-7,14,19H. The van der Waals surface area contributed by atoms with Gasteiger partial charge in [0, 0.05) is 21.8 Å². The van der Waals surface area contributed by atoms with Gasteiger partial charge in [0.2, 0.25) is 0 Å². The molecule has 2 aromatic rings. The van der Waals surface area contributed by atoms with Crippen LogP contribution >= 0.6 is 15.9 Å². The zero-order valence-electron chi connectivity index (χ0n) is 9.70. The summed E-state index contributed by atoms with van der Waals surface area (Å²) in [5.41, 5.74) is 0.775. The van der Waals surface area contributed by atoms with E-state index in [0.29, 0.717) is 5.69 Å². The van der Waals surface area contributed by atoms with E-state index < -0.39 is 17.7 Å². The Labute approximate surface area is 117 Å². The van der Waals surface area contributed by atoms with Gasteiger partial charge in [0.15, 0.2) is 0 Å². The zero-order valence-corrected chi connectivity index (χ0v) is 11.3. The maximum absolute atomic E-state index is 13.6. The predicted octanol–water partition coefficient (Wildman–Crippen LogP) is 4.40. The van der Waals surface area contributed by atoms with Crippen LogP contribution in [-0.2, 0) is 0 Å². The van der Waals surface area contributed by atoms with E-state index in [1.807, 2.05) is 12.1 Å². The molecule has 0 bridgehead atoms. The molecule has 0 saturated heterocycles. The van der Waals surface area contributed by atoms with E-state index in [0.717, 1.165) is 16.6 Å². The van der Waals surface area contributed by atoms with Crippen molar-refractivity contribution in [1.29, 1.82) is 5.26 Å². The van der Waals surface area contributed by atoms with Crippen LogP contribution in [-0.4, -0.2) is 0 Å². The molecule has 0 amide bonds. The summed E-state index contributed by atoms with van der Waals surface area (Å²) >= 11 is 3.33. The normalized spacial score (nSPS) is 11.7. The van der Waals surface area contributed by atoms with Crippen LogP contribution in [0.3, 0.4) is 0 Å². The van der Waals surface area contributed by atoms with Gasteiger partial charge in [0.1, 0.15) is 17.7 Å². The van der Waals surface area contributed by atoms with E-state index in [9.17, 15) is 8.78 Å². The average molecular weight is 323 g/mol. The average Bonchev–Trinajstić information content (AvgIpc) is 2.39. The molecule has 0 aliphatic carbocycles. The van der Waals surface area contributed by atoms with Gasteiger partial charge in [-0.1, -0.05) is 18.2 Å². The van der Waals surface area contributed by atoms with Crippen molar-refractivity contribution in [2.75, 3.05) is 5.32 Å². The zero-order chi connectivity index (χ0) is 13.8. The number of nitriles is 1. The highest BCUT2D eigenvalue weighted by Gasteiger charge is 2.16. The SMILES string of the molecule is N#CC(Nc1ccccc1Br)c1ccc(F)cc1F. The number of benzene rings is 2. The van der Waals surface area contributed by atoms with Crippen molar-refractivity contribution in [2.45, 2.75) is 6.04 Å². The van der Waals surface area contributed by atoms with Crippen molar-refractivity contribution in [3.05, 3.63) is 64.1 Å². The molecule has 5 heteroatoms. The third-order valence-electron chi connectivity index (χ3n) is 2.58. The maximum atomic E-state index is 13.6. The number of halogens is 3. The quantitative estimate of drug-likeness (QED) is 0.908. The third kappa shape index (κ3) is 3.09. The molecule has 2 rings (SSSR count). The Morgan fingerprint density at radius 2 is 1.89 bits per heavy atom. The first-order chi connectivity index (χ1) is 9.11. The van der Waals surface area contributed by atoms with Crippen molar-refractivity contribution in [2.24, 2.45) is 0 Å². The summed E-state index contributed by atoms with van der Waals surface area (Å²) in [7, 11) is 0. The topological polar surface area (TPSA) is 35.8 Å². The summed E-state index contributed by atoms with van der Waals surface area (Å²) < 4.78 is 27.3. The van der Waals surface area contributed by atoms with Crippen molar-refractivity contribution in [3.63, 3.8) is 0 Å². The van der Waals surface area contributed by atoms with E-state index in [1.165, 1.54) is 6.07 Å². The van der Waals surface area contributed by atoms with Gasteiger partial charge in [-0.3, -0.25) is 0 Å². The van der Waals surface area contributed by atoms with Gasteiger partial charge in [-0.05, 0) is 34.1 Å². The van der Waals surface area contributed by atoms with Gasteiger partial charge >= 0.3 is 0 Å². The Morgan fingerprint density at radius 3 is 2.53 bits per heavy atom. The van der Waals surface area contributed by atoms with Crippen LogP contribution < -0.4 is 5.32 Å². The first-order valence-corrected chi connectivity index (χ1v) is 6.26. The van der Waals surface area contributed by atoms with Crippen molar-refractivity contribution in [1.82, 2.24) is 0 Å². The van der Waals surface area contributed by atoms with Gasteiger partial charge < -0.3 is 5.32 Å². The molecule has 0 aromatic heterocycles. The van der Waals surface area contributed by atoms with Crippen molar-refractivity contribution < 1.29 is 8.78 Å². The van der Waals surface area contributed by atoms with Crippen LogP contribution in [0.1, 0.15) is 11.6 Å². The highest BCUT2D eigenvalue weighted by Crippen LogP contribution is 2.27. The lowest BCUT2D eigenvalue weighted by atomic mass is 10.1. The minimum atomic E-state index is -0.890. The Balaban J connectivity index is 2.31. The number of para-hydroxylation sites is 1. The van der Waals surface area contributed by atoms with Crippen LogP contribution in [0.25, 0.3) is 0 Å². The molecule has 1 N–H and O–H groups in total. The van der Waals surface area contributed by atoms with E-state index in [4.69, 9.17) is 5.26 Å². The molecule has 0 heterocycles. The molecule has 96 valence electrons. The lowest BCUT2D eigenvalue weighted by Crippen LogP contribution is -2.11. The van der Waals surface area contributed by atoms with Crippen LogP contribution in [0, 0.1) is 23.0 Å². The van der Waals surface area contributed by atoms with Crippen LogP contribution in [0.4, 0.5) is 14.5 Å². The van der Waals surface area contributed by atoms with Crippen LogP contribution in [0.15, 0.2) is 46.9 Å². The number of hydrogen-bond acceptors (Lipinski definition) is 2. The summed E-state index contributed by atoms with van der Waals surface area (Å²) in [6.45, 7) is 0. The smallest absolute Gasteiger partial charge is 0.143 e. The molecule has 0 saturated carbocycles. The van der Waals surface area contributed by atoms with Crippen LogP contribution in [0.5, 0.6) is 0 Å². The molecular weight excluding hydrogens is 314 g/mol. The van der Waals surface area contributed by atoms with E-state index >= 15 is 0 Å². The molecule has 1 atom stereocenters. The first kappa shape index (κ1) is 13.5. The molecule has 0 spiro atoms. The van der Waals surface area contributed by atoms with E-state index in [1.54, 1.807) is 18.2 Å². The second-order valence-electron chi connectivity index (χ2n) is 3.85. The molecule has 2 nitrogen and oxygen atoms in total. The van der Waals surface area contributed by atoms with Crippen molar-refractivity contribution in [3.8, 4) is 6.07 Å². The van der Waals surface area contributed by atoms with Gasteiger partial charge in [-0.15, -0.1) is 0 Å². The molecule has 0 fully saturated rings. The Morgan fingerprint density at radius 1 is 1.16 bits per heavy atom. The molecule has 0 aliphatic heterocycles. The summed E-state index contributed by atoms with van der Waals surface area (Å²) in [5, 5.41) is 12.0. The fraction of sp³-hybridized carbons (Fsp3) is 0.0714. The van der Waals surface area contributed by atoms with Crippen LogP contribution in [0.2, 0.25) is 0 Å². The minimum absolute atomic E-state index is 0.111. The van der Waals surface area contributed by atoms with Gasteiger partial charge in [0.25, 0.3) is 0 Å². The van der Waals surface area contributed by atoms with Gasteiger partial charge in [-0.2, -0.15) is 5.26 Å². The molecular formula is C14H9BrF2N2. The largest absolute Gasteiger partial charge is 0.365 e. The van der Waals surface area contributed by atoms with Crippen molar-refractivity contribution >= 4 is 21.6 Å². The van der Waals surface area contributed by atoms with E-state index in [-0.39, 0.29) is 5.56 Å². The molecule has 2 aromatic carbocycles. The van der Waals surface area contributed by atoms with E-state index in [2.05, 4.69) is 21.2 Å². The summed E-state index contributed by atoms with van der Waals surface area (Å²) in [6.07, 6.45) is 0. The minimum Gasteiger partial charge on any atom is -0.365 e. The lowest BCUT2D eigenvalue weighted by molar-refractivity contribution is 0.570. The monoisotopic (exact) mass is 322 g/mol. The maximum Gasteiger partial charge on any atom is 0.143 e. The van der Waals surface area contributed by atoms with Gasteiger partial charge in [0.05, 0.1) is 6.07 Å². The summed E-state index contributed by atoms with van der Waals surface area (Å²) in [6, 6.07) is 11.4. The Kier molecular flexibility index (Phi) is 4.13. The summed E-state index contributed by atoms with van der Waals surface area (Å²) in [5.74, 6) is -1.41. The molecule has 19 heavy (non-hydrogen) atoms. The number of nitrogens with zero attached hydrogens (tertiary/aromatic N) is 1. The predicted molar refractivity (Wildman–Crippen MR) is 72.5 cm³/mol. The molecule has 0 aliphatic rings. The summed E-state index contributed by atoms with van der Waals surface area (Å²) in [4.78, 5) is 0.